The number of rotatable bonds is 14. The number of amidine groups is 2. The first-order chi connectivity index (χ1) is 19.4. The van der Waals surface area contributed by atoms with Crippen LogP contribution in [0.25, 0.3) is 6.08 Å². The minimum atomic E-state index is -0.453. The molecule has 0 aromatic heterocycles. The summed E-state index contributed by atoms with van der Waals surface area (Å²) in [7, 11) is 3.16. The third-order valence-corrected chi connectivity index (χ3v) is 7.98. The van der Waals surface area contributed by atoms with Gasteiger partial charge in [-0.2, -0.15) is 15.1 Å². The average Bonchev–Trinajstić information content (AvgIpc) is 3.36. The van der Waals surface area contributed by atoms with Gasteiger partial charge in [-0.15, -0.1) is 0 Å². The maximum Gasteiger partial charge on any atom is 0.283 e. The van der Waals surface area contributed by atoms with Gasteiger partial charge in [0.25, 0.3) is 5.91 Å². The number of ether oxygens (including phenoxy) is 4. The number of benzene rings is 2. The van der Waals surface area contributed by atoms with Crippen LogP contribution in [-0.2, 0) is 4.79 Å². The maximum atomic E-state index is 12.9. The Kier molecular flexibility index (Phi) is 10.9. The first-order valence-electron chi connectivity index (χ1n) is 13.2. The number of carbonyl (C=O) groups is 1. The van der Waals surface area contributed by atoms with Gasteiger partial charge in [0, 0.05) is 0 Å². The van der Waals surface area contributed by atoms with E-state index in [0.717, 1.165) is 27.9 Å². The molecule has 1 N–H and O–H groups in total. The van der Waals surface area contributed by atoms with Crippen LogP contribution in [0.5, 0.6) is 23.0 Å². The molecule has 0 aliphatic carbocycles. The molecule has 2 heterocycles. The molecule has 0 radical (unpaired) electrons. The first-order valence-corrected chi connectivity index (χ1v) is 15.1. The smallest absolute Gasteiger partial charge is 0.283 e. The Bertz CT molecular complexity index is 1340. The number of amides is 1. The van der Waals surface area contributed by atoms with Gasteiger partial charge in [-0.05, 0) is 83.1 Å². The first kappa shape index (κ1) is 29.9. The van der Waals surface area contributed by atoms with Gasteiger partial charge in [-0.3, -0.25) is 10.2 Å². The number of methoxy groups -OCH3 is 2. The highest BCUT2D eigenvalue weighted by molar-refractivity contribution is 14.1. The molecule has 0 saturated heterocycles. The molecule has 11 heteroatoms. The van der Waals surface area contributed by atoms with Crippen molar-refractivity contribution in [2.45, 2.75) is 45.4 Å². The zero-order valence-electron chi connectivity index (χ0n) is 22.9. The van der Waals surface area contributed by atoms with Crippen LogP contribution >= 0.6 is 34.4 Å². The monoisotopic (exact) mass is 676 g/mol. The summed E-state index contributed by atoms with van der Waals surface area (Å²) in [4.78, 5) is 17.1. The molecule has 2 aromatic rings. The van der Waals surface area contributed by atoms with Crippen molar-refractivity contribution >= 4 is 62.4 Å². The van der Waals surface area contributed by atoms with E-state index in [-0.39, 0.29) is 18.0 Å². The molecule has 40 heavy (non-hydrogen) atoms. The van der Waals surface area contributed by atoms with E-state index < -0.39 is 5.91 Å². The van der Waals surface area contributed by atoms with Crippen molar-refractivity contribution < 1.29 is 23.7 Å². The molecule has 0 bridgehead atoms. The molecular weight excluding hydrogens is 643 g/mol. The molecule has 2 aliphatic heterocycles. The van der Waals surface area contributed by atoms with Crippen LogP contribution in [0.3, 0.4) is 0 Å². The Balaban J connectivity index is 1.42. The van der Waals surface area contributed by atoms with E-state index in [9.17, 15) is 4.79 Å². The number of para-hydroxylation sites is 2. The normalized spacial score (nSPS) is 15.6. The van der Waals surface area contributed by atoms with Crippen LogP contribution in [0.4, 0.5) is 0 Å². The second-order valence-corrected chi connectivity index (χ2v) is 11.3. The van der Waals surface area contributed by atoms with Crippen molar-refractivity contribution in [3.63, 3.8) is 0 Å². The predicted octanol–water partition coefficient (Wildman–Crippen LogP) is 6.75. The molecule has 212 valence electrons. The number of hydrogen-bond acceptors (Lipinski definition) is 8. The summed E-state index contributed by atoms with van der Waals surface area (Å²) >= 11 is 3.54. The second-order valence-electron chi connectivity index (χ2n) is 9.06. The minimum absolute atomic E-state index is 0.0197. The SMILES string of the molecule is CCCCCCCC1=NN2C(=N)/C(=C/c3cc(I)c(OCCOc4ccccc4OC)c(OC)c3)C(=O)N=C2S1. The van der Waals surface area contributed by atoms with Gasteiger partial charge in [0.05, 0.1) is 23.4 Å². The van der Waals surface area contributed by atoms with Crippen molar-refractivity contribution in [1.82, 2.24) is 5.01 Å². The van der Waals surface area contributed by atoms with Crippen molar-refractivity contribution in [2.75, 3.05) is 27.4 Å². The van der Waals surface area contributed by atoms with Crippen molar-refractivity contribution in [3.8, 4) is 23.0 Å². The largest absolute Gasteiger partial charge is 0.493 e. The lowest BCUT2D eigenvalue weighted by Crippen LogP contribution is -2.35. The van der Waals surface area contributed by atoms with Crippen LogP contribution in [0.15, 0.2) is 52.1 Å². The highest BCUT2D eigenvalue weighted by Gasteiger charge is 2.35. The Hall–Kier alpha value is -3.06. The lowest BCUT2D eigenvalue weighted by molar-refractivity contribution is -0.114. The van der Waals surface area contributed by atoms with Crippen LogP contribution in [0, 0.1) is 8.98 Å². The topological polar surface area (TPSA) is 106 Å². The maximum absolute atomic E-state index is 12.9. The molecule has 4 rings (SSSR count). The standard InChI is InChI=1S/C29H33IN4O5S/c1-4-5-6-7-8-13-25-33-34-27(31)20(28(35)32-29(34)40-25)16-19-17-21(30)26(24(18-19)37-3)39-15-14-38-23-12-10-9-11-22(23)36-2/h9-12,16-18,31H,4-8,13-15H2,1-3H3/b20-16-,31-27?. The minimum Gasteiger partial charge on any atom is -0.493 e. The third kappa shape index (κ3) is 7.36. The van der Waals surface area contributed by atoms with Crippen molar-refractivity contribution in [2.24, 2.45) is 10.1 Å². The molecule has 0 saturated carbocycles. The number of nitrogens with one attached hydrogen (secondary N) is 1. The quantitative estimate of drug-likeness (QED) is 0.134. The van der Waals surface area contributed by atoms with Crippen LogP contribution in [0.2, 0.25) is 0 Å². The molecule has 2 aliphatic rings. The number of hydrogen-bond donors (Lipinski definition) is 1. The number of halogens is 1. The number of thioether (sulfide) groups is 1. The Labute approximate surface area is 252 Å². The number of carbonyl (C=O) groups excluding carboxylic acids is 1. The molecule has 0 atom stereocenters. The van der Waals surface area contributed by atoms with E-state index in [1.807, 2.05) is 30.3 Å². The number of fused-ring (bicyclic) bond motifs is 1. The van der Waals surface area contributed by atoms with Gasteiger partial charge in [-0.1, -0.05) is 44.7 Å². The van der Waals surface area contributed by atoms with E-state index in [1.165, 1.54) is 36.0 Å². The number of hydrazone groups is 1. The molecule has 0 spiro atoms. The predicted molar refractivity (Wildman–Crippen MR) is 168 cm³/mol. The van der Waals surface area contributed by atoms with Gasteiger partial charge in [0.2, 0.25) is 5.17 Å². The third-order valence-electron chi connectivity index (χ3n) is 6.21. The zero-order chi connectivity index (χ0) is 28.5. The lowest BCUT2D eigenvalue weighted by Gasteiger charge is -2.20. The summed E-state index contributed by atoms with van der Waals surface area (Å²) in [5.41, 5.74) is 0.867. The van der Waals surface area contributed by atoms with Crippen molar-refractivity contribution in [3.05, 3.63) is 51.1 Å². The summed E-state index contributed by atoms with van der Waals surface area (Å²) in [5.74, 6) is 1.95. The zero-order valence-corrected chi connectivity index (χ0v) is 25.8. The fourth-order valence-corrected chi connectivity index (χ4v) is 5.88. The van der Waals surface area contributed by atoms with Crippen LogP contribution in [-0.4, -0.2) is 54.4 Å². The van der Waals surface area contributed by atoms with E-state index in [2.05, 4.69) is 39.6 Å². The highest BCUT2D eigenvalue weighted by Crippen LogP contribution is 2.36. The van der Waals surface area contributed by atoms with Crippen molar-refractivity contribution in [1.29, 1.82) is 5.41 Å². The molecule has 0 fully saturated rings. The van der Waals surface area contributed by atoms with Gasteiger partial charge >= 0.3 is 0 Å². The molecular formula is C29H33IN4O5S. The summed E-state index contributed by atoms with van der Waals surface area (Å²) in [6.07, 6.45) is 8.31. The Morgan fingerprint density at radius 3 is 2.48 bits per heavy atom. The number of unbranched alkanes of at least 4 members (excludes halogenated alkanes) is 4. The number of aliphatic imine (C=N–C) groups is 1. The molecule has 1 amide bonds. The fraction of sp³-hybridized carbons (Fsp3) is 0.379. The van der Waals surface area contributed by atoms with Gasteiger partial charge in [-0.25, -0.2) is 0 Å². The summed E-state index contributed by atoms with van der Waals surface area (Å²) in [6, 6.07) is 11.1. The second kappa shape index (κ2) is 14.5. The number of nitrogens with zero attached hydrogens (tertiary/aromatic N) is 3. The van der Waals surface area contributed by atoms with Gasteiger partial charge < -0.3 is 18.9 Å². The van der Waals surface area contributed by atoms with Crippen LogP contribution < -0.4 is 18.9 Å². The van der Waals surface area contributed by atoms with E-state index in [1.54, 1.807) is 26.4 Å². The van der Waals surface area contributed by atoms with E-state index in [0.29, 0.717) is 40.3 Å². The Morgan fingerprint density at radius 2 is 1.73 bits per heavy atom. The highest BCUT2D eigenvalue weighted by atomic mass is 127. The Morgan fingerprint density at radius 1 is 1.00 bits per heavy atom. The fourth-order valence-electron chi connectivity index (χ4n) is 4.18. The summed E-state index contributed by atoms with van der Waals surface area (Å²) in [6.45, 7) is 2.80. The molecule has 9 nitrogen and oxygen atoms in total. The lowest BCUT2D eigenvalue weighted by atomic mass is 10.1. The van der Waals surface area contributed by atoms with E-state index >= 15 is 0 Å². The van der Waals surface area contributed by atoms with Crippen LogP contribution in [0.1, 0.15) is 51.0 Å². The molecule has 0 unspecified atom stereocenters. The molecule has 2 aromatic carbocycles. The summed E-state index contributed by atoms with van der Waals surface area (Å²) in [5, 5.41) is 16.0. The van der Waals surface area contributed by atoms with E-state index in [4.69, 9.17) is 24.4 Å². The average molecular weight is 677 g/mol. The van der Waals surface area contributed by atoms with Gasteiger partial charge in [0.1, 0.15) is 18.3 Å². The van der Waals surface area contributed by atoms with Gasteiger partial charge in [0.15, 0.2) is 28.8 Å². The summed E-state index contributed by atoms with van der Waals surface area (Å²) < 4.78 is 23.5.